The quantitative estimate of drug-likeness (QED) is 0.0464. The molecular weight excluding hydrogens is 942 g/mol. The van der Waals surface area contributed by atoms with Gasteiger partial charge in [0.2, 0.25) is 0 Å². The van der Waals surface area contributed by atoms with E-state index in [0.29, 0.717) is 0 Å². The Hall–Kier alpha value is -0.422. The van der Waals surface area contributed by atoms with Crippen molar-refractivity contribution in [3.8, 4) is 0 Å². The van der Waals surface area contributed by atoms with Crippen LogP contribution in [0.25, 0.3) is 0 Å². The Bertz CT molecular complexity index is 1130. The minimum atomic E-state index is -0.875. The first-order valence-electron chi connectivity index (χ1n) is 34.7. The van der Waals surface area contributed by atoms with Gasteiger partial charge in [-0.2, -0.15) is 0 Å². The summed E-state index contributed by atoms with van der Waals surface area (Å²) >= 11 is -0.875. The standard InChI is InChI=1S/C71H138AsN/c1-5-7-9-11-13-15-17-19-21-23-25-27-28-29-30-31-32-33-34-35-36-37-38-39-40-41-42-43-44-45-47-49-51-53-55-57-59-61-63-69-73(4)71-66-64-70(65-67-71)72(3)68-62-60-58-56-54-52-50-48-46-26-24-22-20-18-16-14-12-10-8-6-2/h64-67H,5-63,68-69H2,1-4H3. The van der Waals surface area contributed by atoms with Crippen LogP contribution >= 0.6 is 0 Å². The summed E-state index contributed by atoms with van der Waals surface area (Å²) in [6.45, 7) is 5.83. The number of rotatable bonds is 63. The molecule has 73 heavy (non-hydrogen) atoms. The molecule has 0 saturated heterocycles. The van der Waals surface area contributed by atoms with Crippen molar-refractivity contribution in [1.82, 2.24) is 0 Å². The van der Waals surface area contributed by atoms with Crippen LogP contribution in [0.2, 0.25) is 10.9 Å². The Labute approximate surface area is 468 Å². The van der Waals surface area contributed by atoms with E-state index >= 15 is 0 Å². The fourth-order valence-electron chi connectivity index (χ4n) is 11.8. The van der Waals surface area contributed by atoms with Gasteiger partial charge in [0.15, 0.2) is 0 Å². The van der Waals surface area contributed by atoms with Gasteiger partial charge in [0.1, 0.15) is 0 Å². The molecule has 2 heteroatoms. The molecule has 0 heterocycles. The summed E-state index contributed by atoms with van der Waals surface area (Å²) in [5.74, 6) is 0. The van der Waals surface area contributed by atoms with Crippen molar-refractivity contribution in [3.63, 3.8) is 0 Å². The molecule has 0 aliphatic rings. The number of nitrogens with zero attached hydrogens (tertiary/aromatic N) is 1. The zero-order valence-corrected chi connectivity index (χ0v) is 53.2. The SMILES string of the molecule is CCCCCCCCCCCCCCCCCCCCCCCCCCCCCCCCCCCCCCCCCN(C)c1ccc([As](C)CCCCCCCCCCCCCCCCCCCCCC)cc1. The Morgan fingerprint density at radius 2 is 0.425 bits per heavy atom. The van der Waals surface area contributed by atoms with Gasteiger partial charge in [-0.15, -0.1) is 0 Å². The van der Waals surface area contributed by atoms with Crippen LogP contribution in [-0.2, 0) is 0 Å². The van der Waals surface area contributed by atoms with Gasteiger partial charge in [-0.25, -0.2) is 0 Å². The van der Waals surface area contributed by atoms with Crippen molar-refractivity contribution in [3.05, 3.63) is 24.3 Å². The van der Waals surface area contributed by atoms with E-state index < -0.39 is 14.7 Å². The maximum atomic E-state index is 2.59. The zero-order valence-electron chi connectivity index (χ0n) is 51.3. The third-order valence-corrected chi connectivity index (χ3v) is 21.7. The van der Waals surface area contributed by atoms with Crippen LogP contribution in [0.15, 0.2) is 24.3 Å². The van der Waals surface area contributed by atoms with Gasteiger partial charge in [-0.3, -0.25) is 0 Å². The van der Waals surface area contributed by atoms with Crippen LogP contribution in [-0.4, -0.2) is 28.2 Å². The topological polar surface area (TPSA) is 3.24 Å². The van der Waals surface area contributed by atoms with Gasteiger partial charge in [0.25, 0.3) is 0 Å². The van der Waals surface area contributed by atoms with Crippen LogP contribution < -0.4 is 9.25 Å². The molecule has 0 radical (unpaired) electrons. The van der Waals surface area contributed by atoms with E-state index in [4.69, 9.17) is 0 Å². The van der Waals surface area contributed by atoms with Crippen LogP contribution in [0.4, 0.5) is 5.69 Å². The van der Waals surface area contributed by atoms with Crippen LogP contribution in [0.3, 0.4) is 0 Å². The van der Waals surface area contributed by atoms with Gasteiger partial charge in [0.05, 0.1) is 0 Å². The Kier molecular flexibility index (Phi) is 58.8. The Balaban J connectivity index is 1.76. The molecule has 0 aliphatic heterocycles. The van der Waals surface area contributed by atoms with Gasteiger partial charge in [-0.1, -0.05) is 284 Å². The van der Waals surface area contributed by atoms with E-state index in [1.54, 1.807) is 4.35 Å². The van der Waals surface area contributed by atoms with E-state index in [-0.39, 0.29) is 0 Å². The Morgan fingerprint density at radius 1 is 0.247 bits per heavy atom. The number of hydrogen-bond donors (Lipinski definition) is 0. The normalized spacial score (nSPS) is 12.1. The van der Waals surface area contributed by atoms with Crippen molar-refractivity contribution in [2.75, 3.05) is 18.5 Å². The first-order valence-corrected chi connectivity index (χ1v) is 38.9. The Morgan fingerprint density at radius 3 is 0.630 bits per heavy atom. The van der Waals surface area contributed by atoms with Crippen molar-refractivity contribution in [1.29, 1.82) is 0 Å². The number of anilines is 1. The molecular formula is C71H138AsN. The predicted octanol–water partition coefficient (Wildman–Crippen LogP) is 25.5. The predicted molar refractivity (Wildman–Crippen MR) is 340 cm³/mol. The summed E-state index contributed by atoms with van der Waals surface area (Å²) in [4.78, 5) is 2.50. The molecule has 1 rings (SSSR count). The van der Waals surface area contributed by atoms with Crippen molar-refractivity contribution >= 4 is 24.7 Å². The van der Waals surface area contributed by atoms with Gasteiger partial charge >= 0.3 is 188 Å². The molecule has 1 unspecified atom stereocenters. The summed E-state index contributed by atoms with van der Waals surface area (Å²) < 4.78 is 1.68. The summed E-state index contributed by atoms with van der Waals surface area (Å²) in [7, 11) is 2.31. The minimum absolute atomic E-state index is 0.875. The number of benzene rings is 1. The van der Waals surface area contributed by atoms with E-state index in [1.807, 2.05) is 0 Å². The summed E-state index contributed by atoms with van der Waals surface area (Å²) in [6.07, 6.45) is 86.8. The second-order valence-corrected chi connectivity index (χ2v) is 29.5. The molecule has 0 bridgehead atoms. The van der Waals surface area contributed by atoms with Crippen LogP contribution in [0.5, 0.6) is 0 Å². The van der Waals surface area contributed by atoms with Crippen molar-refractivity contribution < 1.29 is 0 Å². The van der Waals surface area contributed by atoms with E-state index in [0.717, 1.165) is 0 Å². The summed E-state index contributed by atoms with van der Waals surface area (Å²) in [5, 5.41) is 1.49. The van der Waals surface area contributed by atoms with Crippen LogP contribution in [0.1, 0.15) is 393 Å². The molecule has 0 aliphatic carbocycles. The molecule has 432 valence electrons. The number of unbranched alkanes of at least 4 members (excludes halogenated alkanes) is 57. The van der Waals surface area contributed by atoms with Crippen molar-refractivity contribution in [2.45, 2.75) is 404 Å². The molecule has 1 aromatic carbocycles. The zero-order chi connectivity index (χ0) is 52.3. The van der Waals surface area contributed by atoms with Crippen LogP contribution in [0, 0.1) is 0 Å². The van der Waals surface area contributed by atoms with Crippen molar-refractivity contribution in [2.24, 2.45) is 0 Å². The molecule has 0 aromatic heterocycles. The van der Waals surface area contributed by atoms with Gasteiger partial charge in [0, 0.05) is 0 Å². The first-order chi connectivity index (χ1) is 36.2. The first kappa shape index (κ1) is 70.6. The third-order valence-electron chi connectivity index (χ3n) is 17.2. The molecule has 0 N–H and O–H groups in total. The second kappa shape index (κ2) is 60.8. The van der Waals surface area contributed by atoms with Gasteiger partial charge in [-0.05, 0) is 0 Å². The molecule has 1 aromatic rings. The molecule has 1 nitrogen and oxygen atoms in total. The average molecular weight is 1080 g/mol. The average Bonchev–Trinajstić information content (AvgIpc) is 3.40. The van der Waals surface area contributed by atoms with Gasteiger partial charge < -0.3 is 0 Å². The van der Waals surface area contributed by atoms with E-state index in [2.05, 4.69) is 55.8 Å². The number of hydrogen-bond acceptors (Lipinski definition) is 1. The molecule has 0 fully saturated rings. The summed E-state index contributed by atoms with van der Waals surface area (Å²) in [5.41, 5.74) is 4.01. The maximum absolute atomic E-state index is 2.59. The van der Waals surface area contributed by atoms with E-state index in [1.165, 1.54) is 396 Å². The molecule has 0 spiro atoms. The molecule has 1 atom stereocenters. The molecule has 0 saturated carbocycles. The molecule has 0 amide bonds. The third kappa shape index (κ3) is 53.4. The monoisotopic (exact) mass is 1080 g/mol. The second-order valence-electron chi connectivity index (χ2n) is 24.5. The fourth-order valence-corrected chi connectivity index (χ4v) is 15.2. The van der Waals surface area contributed by atoms with E-state index in [9.17, 15) is 0 Å². The summed E-state index contributed by atoms with van der Waals surface area (Å²) in [6, 6.07) is 9.80. The fraction of sp³-hybridized carbons (Fsp3) is 0.915.